The first-order valence-corrected chi connectivity index (χ1v) is 4.75. The van der Waals surface area contributed by atoms with Crippen molar-refractivity contribution in [2.75, 3.05) is 25.6 Å². The molecule has 0 heterocycles. The van der Waals surface area contributed by atoms with Crippen molar-refractivity contribution in [3.8, 4) is 5.75 Å². The van der Waals surface area contributed by atoms with Crippen molar-refractivity contribution in [3.05, 3.63) is 24.3 Å². The number of benzene rings is 1. The average Bonchev–Trinajstić information content (AvgIpc) is 2.18. The lowest BCUT2D eigenvalue weighted by Crippen LogP contribution is -2.11. The van der Waals surface area contributed by atoms with Gasteiger partial charge in [-0.05, 0) is 19.1 Å². The summed E-state index contributed by atoms with van der Waals surface area (Å²) < 4.78 is 9.63. The van der Waals surface area contributed by atoms with Crippen molar-refractivity contribution in [1.82, 2.24) is 0 Å². The number of rotatable bonds is 3. The molecule has 1 aromatic rings. The number of carbonyl (C=O) groups excluding carboxylic acids is 1. The van der Waals surface area contributed by atoms with E-state index in [-0.39, 0.29) is 0 Å². The van der Waals surface area contributed by atoms with E-state index < -0.39 is 6.16 Å². The van der Waals surface area contributed by atoms with Gasteiger partial charge in [-0.1, -0.05) is 6.07 Å². The second-order valence-corrected chi connectivity index (χ2v) is 3.18. The number of carbonyl (C=O) groups is 1. The normalized spacial score (nSPS) is 9.53. The van der Waals surface area contributed by atoms with Gasteiger partial charge in [0.05, 0.1) is 6.61 Å². The Morgan fingerprint density at radius 2 is 2.13 bits per heavy atom. The van der Waals surface area contributed by atoms with E-state index in [4.69, 9.17) is 4.74 Å². The molecule has 0 aliphatic rings. The van der Waals surface area contributed by atoms with Gasteiger partial charge in [-0.3, -0.25) is 0 Å². The third kappa shape index (κ3) is 3.50. The van der Waals surface area contributed by atoms with Crippen molar-refractivity contribution in [3.63, 3.8) is 0 Å². The van der Waals surface area contributed by atoms with Gasteiger partial charge >= 0.3 is 6.16 Å². The number of ether oxygens (including phenoxy) is 2. The molecule has 82 valence electrons. The molecule has 0 fully saturated rings. The zero-order valence-corrected chi connectivity index (χ0v) is 9.19. The van der Waals surface area contributed by atoms with Crippen molar-refractivity contribution in [1.29, 1.82) is 0 Å². The molecule has 0 unspecified atom stereocenters. The molecule has 4 nitrogen and oxygen atoms in total. The Kier molecular flexibility index (Phi) is 3.97. The standard InChI is InChI=1S/C11H15NO3/c1-4-14-11(13)15-10-7-5-6-9(8-10)12(2)3/h5-8H,4H2,1-3H3. The number of nitrogens with zero attached hydrogens (tertiary/aromatic N) is 1. The summed E-state index contributed by atoms with van der Waals surface area (Å²) in [5.74, 6) is 0.486. The van der Waals surface area contributed by atoms with Crippen LogP contribution < -0.4 is 9.64 Å². The molecule has 1 rings (SSSR count). The Balaban J connectivity index is 2.69. The molecule has 0 aromatic heterocycles. The Bertz CT molecular complexity index is 336. The van der Waals surface area contributed by atoms with E-state index in [9.17, 15) is 4.79 Å². The number of hydrogen-bond acceptors (Lipinski definition) is 4. The lowest BCUT2D eigenvalue weighted by Gasteiger charge is -2.13. The summed E-state index contributed by atoms with van der Waals surface area (Å²) >= 11 is 0. The lowest BCUT2D eigenvalue weighted by molar-refractivity contribution is 0.104. The lowest BCUT2D eigenvalue weighted by atomic mass is 10.3. The maximum atomic E-state index is 11.0. The minimum Gasteiger partial charge on any atom is -0.434 e. The summed E-state index contributed by atoms with van der Waals surface area (Å²) in [4.78, 5) is 13.0. The van der Waals surface area contributed by atoms with Gasteiger partial charge in [0.1, 0.15) is 5.75 Å². The molecule has 0 aliphatic carbocycles. The molecule has 4 heteroatoms. The zero-order chi connectivity index (χ0) is 11.3. The first-order chi connectivity index (χ1) is 7.13. The molecule has 0 saturated heterocycles. The van der Waals surface area contributed by atoms with E-state index >= 15 is 0 Å². The monoisotopic (exact) mass is 209 g/mol. The molecule has 0 aliphatic heterocycles. The summed E-state index contributed by atoms with van der Waals surface area (Å²) in [6.45, 7) is 2.05. The number of hydrogen-bond donors (Lipinski definition) is 0. The van der Waals surface area contributed by atoms with E-state index in [0.717, 1.165) is 5.69 Å². The van der Waals surface area contributed by atoms with Crippen LogP contribution in [0.15, 0.2) is 24.3 Å². The summed E-state index contributed by atoms with van der Waals surface area (Å²) in [5.41, 5.74) is 0.969. The van der Waals surface area contributed by atoms with Crippen LogP contribution >= 0.6 is 0 Å². The van der Waals surface area contributed by atoms with Gasteiger partial charge in [-0.2, -0.15) is 0 Å². The zero-order valence-electron chi connectivity index (χ0n) is 9.19. The minimum atomic E-state index is -0.673. The van der Waals surface area contributed by atoms with Crippen LogP contribution in [0.5, 0.6) is 5.75 Å². The molecule has 0 spiro atoms. The average molecular weight is 209 g/mol. The van der Waals surface area contributed by atoms with Gasteiger partial charge in [-0.25, -0.2) is 4.79 Å². The Hall–Kier alpha value is -1.71. The predicted molar refractivity (Wildman–Crippen MR) is 58.4 cm³/mol. The molecule has 0 amide bonds. The van der Waals surface area contributed by atoms with E-state index in [0.29, 0.717) is 12.4 Å². The summed E-state index contributed by atoms with van der Waals surface area (Å²) in [6, 6.07) is 7.24. The highest BCUT2D eigenvalue weighted by Gasteiger charge is 2.05. The van der Waals surface area contributed by atoms with Crippen LogP contribution in [0, 0.1) is 0 Å². The van der Waals surface area contributed by atoms with E-state index in [2.05, 4.69) is 4.74 Å². The highest BCUT2D eigenvalue weighted by Crippen LogP contribution is 2.19. The Morgan fingerprint density at radius 1 is 1.40 bits per heavy atom. The van der Waals surface area contributed by atoms with Crippen LogP contribution in [-0.4, -0.2) is 26.9 Å². The fourth-order valence-corrected chi connectivity index (χ4v) is 1.07. The molecule has 0 atom stereocenters. The Morgan fingerprint density at radius 3 is 2.73 bits per heavy atom. The second-order valence-electron chi connectivity index (χ2n) is 3.18. The van der Waals surface area contributed by atoms with Gasteiger partial charge in [-0.15, -0.1) is 0 Å². The highest BCUT2D eigenvalue weighted by molar-refractivity contribution is 5.64. The molecule has 0 saturated carbocycles. The van der Waals surface area contributed by atoms with Crippen LogP contribution in [0.1, 0.15) is 6.92 Å². The molecule has 0 N–H and O–H groups in total. The summed E-state index contributed by atoms with van der Waals surface area (Å²) in [7, 11) is 3.84. The van der Waals surface area contributed by atoms with Gasteiger partial charge in [0.2, 0.25) is 0 Å². The third-order valence-corrected chi connectivity index (χ3v) is 1.80. The van der Waals surface area contributed by atoms with E-state index in [1.165, 1.54) is 0 Å². The van der Waals surface area contributed by atoms with E-state index in [1.54, 1.807) is 19.1 Å². The van der Waals surface area contributed by atoms with E-state index in [1.807, 2.05) is 31.1 Å². The van der Waals surface area contributed by atoms with Crippen molar-refractivity contribution < 1.29 is 14.3 Å². The van der Waals surface area contributed by atoms with Crippen LogP contribution in [0.4, 0.5) is 10.5 Å². The fourth-order valence-electron chi connectivity index (χ4n) is 1.07. The molecular weight excluding hydrogens is 194 g/mol. The number of anilines is 1. The van der Waals surface area contributed by atoms with Crippen LogP contribution in [0.25, 0.3) is 0 Å². The first kappa shape index (κ1) is 11.4. The second kappa shape index (κ2) is 5.24. The van der Waals surface area contributed by atoms with Gasteiger partial charge in [0.15, 0.2) is 0 Å². The van der Waals surface area contributed by atoms with Crippen molar-refractivity contribution in [2.45, 2.75) is 6.92 Å². The van der Waals surface area contributed by atoms with Crippen LogP contribution in [0.3, 0.4) is 0 Å². The predicted octanol–water partition coefficient (Wildman–Crippen LogP) is 2.29. The molecule has 15 heavy (non-hydrogen) atoms. The molecule has 0 radical (unpaired) electrons. The summed E-state index contributed by atoms with van der Waals surface area (Å²) in [6.07, 6.45) is -0.673. The minimum absolute atomic E-state index is 0.312. The molecule has 0 bridgehead atoms. The van der Waals surface area contributed by atoms with Gasteiger partial charge in [0.25, 0.3) is 0 Å². The third-order valence-electron chi connectivity index (χ3n) is 1.80. The SMILES string of the molecule is CCOC(=O)Oc1cccc(N(C)C)c1. The quantitative estimate of drug-likeness (QED) is 0.565. The van der Waals surface area contributed by atoms with Gasteiger partial charge < -0.3 is 14.4 Å². The fraction of sp³-hybridized carbons (Fsp3) is 0.364. The van der Waals surface area contributed by atoms with Gasteiger partial charge in [0, 0.05) is 25.8 Å². The van der Waals surface area contributed by atoms with Crippen molar-refractivity contribution >= 4 is 11.8 Å². The molecular formula is C11H15NO3. The van der Waals surface area contributed by atoms with Crippen LogP contribution in [0.2, 0.25) is 0 Å². The summed E-state index contributed by atoms with van der Waals surface area (Å²) in [5, 5.41) is 0. The highest BCUT2D eigenvalue weighted by atomic mass is 16.7. The maximum absolute atomic E-state index is 11.0. The molecule has 1 aromatic carbocycles. The van der Waals surface area contributed by atoms with Crippen LogP contribution in [-0.2, 0) is 4.74 Å². The van der Waals surface area contributed by atoms with Crippen molar-refractivity contribution in [2.24, 2.45) is 0 Å². The Labute approximate surface area is 89.4 Å². The largest absolute Gasteiger partial charge is 0.513 e. The maximum Gasteiger partial charge on any atom is 0.513 e. The topological polar surface area (TPSA) is 38.8 Å². The first-order valence-electron chi connectivity index (χ1n) is 4.75. The smallest absolute Gasteiger partial charge is 0.434 e.